The van der Waals surface area contributed by atoms with Crippen molar-refractivity contribution in [1.29, 1.82) is 0 Å². The second-order valence-electron chi connectivity index (χ2n) is 4.62. The van der Waals surface area contributed by atoms with Crippen LogP contribution in [0.3, 0.4) is 0 Å². The van der Waals surface area contributed by atoms with E-state index in [1.807, 2.05) is 0 Å². The number of benzene rings is 1. The van der Waals surface area contributed by atoms with Crippen LogP contribution in [0.25, 0.3) is 0 Å². The summed E-state index contributed by atoms with van der Waals surface area (Å²) in [6, 6.07) is 4.28. The minimum atomic E-state index is -2.91. The Balaban J connectivity index is 2.23. The normalized spacial score (nSPS) is 15.8. The number of ether oxygens (including phenoxy) is 2. The maximum absolute atomic E-state index is 12.3. The molecule has 1 aromatic rings. The minimum absolute atomic E-state index is 0.0160. The molecule has 0 amide bonds. The molecule has 5 heteroatoms. The lowest BCUT2D eigenvalue weighted by atomic mass is 10.1. The van der Waals surface area contributed by atoms with Crippen LogP contribution in [-0.2, 0) is 0 Å². The summed E-state index contributed by atoms with van der Waals surface area (Å²) in [6.07, 6.45) is 3.96. The highest BCUT2D eigenvalue weighted by Gasteiger charge is 2.20. The van der Waals surface area contributed by atoms with Gasteiger partial charge in [-0.3, -0.25) is 4.79 Å². The van der Waals surface area contributed by atoms with E-state index in [2.05, 4.69) is 4.74 Å². The molecule has 3 nitrogen and oxygen atoms in total. The zero-order valence-corrected chi connectivity index (χ0v) is 10.7. The summed E-state index contributed by atoms with van der Waals surface area (Å²) >= 11 is 0. The average molecular weight is 270 g/mol. The molecule has 1 saturated carbocycles. The summed E-state index contributed by atoms with van der Waals surface area (Å²) in [4.78, 5) is 11.3. The van der Waals surface area contributed by atoms with Crippen molar-refractivity contribution < 1.29 is 23.0 Å². The molecule has 19 heavy (non-hydrogen) atoms. The Morgan fingerprint density at radius 2 is 1.95 bits per heavy atom. The van der Waals surface area contributed by atoms with Crippen LogP contribution in [-0.4, -0.2) is 18.5 Å². The van der Waals surface area contributed by atoms with E-state index in [1.54, 1.807) is 0 Å². The highest BCUT2D eigenvalue weighted by atomic mass is 19.3. The molecule has 0 heterocycles. The van der Waals surface area contributed by atoms with Gasteiger partial charge in [0.25, 0.3) is 0 Å². The molecule has 0 spiro atoms. The van der Waals surface area contributed by atoms with Crippen molar-refractivity contribution in [3.05, 3.63) is 23.8 Å². The number of Topliss-reactive ketones (excluding diaryl/α,β-unsaturated/α-hetero) is 1. The van der Waals surface area contributed by atoms with E-state index in [4.69, 9.17) is 4.74 Å². The van der Waals surface area contributed by atoms with Gasteiger partial charge in [-0.15, -0.1) is 0 Å². The van der Waals surface area contributed by atoms with Gasteiger partial charge in [-0.2, -0.15) is 8.78 Å². The van der Waals surface area contributed by atoms with Gasteiger partial charge in [0, 0.05) is 5.56 Å². The summed E-state index contributed by atoms with van der Waals surface area (Å²) in [5.74, 6) is 0.0617. The SMILES string of the molecule is CC(=O)c1ccc(OC(F)F)c(OC2CCCC2)c1. The Morgan fingerprint density at radius 1 is 1.26 bits per heavy atom. The van der Waals surface area contributed by atoms with Crippen molar-refractivity contribution in [3.8, 4) is 11.5 Å². The highest BCUT2D eigenvalue weighted by Crippen LogP contribution is 2.33. The molecule has 0 unspecified atom stereocenters. The molecule has 0 radical (unpaired) electrons. The molecule has 0 N–H and O–H groups in total. The maximum Gasteiger partial charge on any atom is 0.387 e. The Morgan fingerprint density at radius 3 is 2.53 bits per heavy atom. The molecule has 0 bridgehead atoms. The van der Waals surface area contributed by atoms with E-state index < -0.39 is 6.61 Å². The third-order valence-electron chi connectivity index (χ3n) is 3.16. The Bertz CT molecular complexity index is 454. The van der Waals surface area contributed by atoms with Gasteiger partial charge in [-0.05, 0) is 50.8 Å². The van der Waals surface area contributed by atoms with Gasteiger partial charge >= 0.3 is 6.61 Å². The van der Waals surface area contributed by atoms with Crippen molar-refractivity contribution in [2.45, 2.75) is 45.3 Å². The van der Waals surface area contributed by atoms with Crippen molar-refractivity contribution in [2.24, 2.45) is 0 Å². The monoisotopic (exact) mass is 270 g/mol. The number of alkyl halides is 2. The topological polar surface area (TPSA) is 35.5 Å². The summed E-state index contributed by atoms with van der Waals surface area (Å²) in [5, 5.41) is 0. The second-order valence-corrected chi connectivity index (χ2v) is 4.62. The van der Waals surface area contributed by atoms with Gasteiger partial charge in [-0.1, -0.05) is 0 Å². The zero-order valence-electron chi connectivity index (χ0n) is 10.7. The smallest absolute Gasteiger partial charge is 0.387 e. The van der Waals surface area contributed by atoms with Crippen LogP contribution in [0, 0.1) is 0 Å². The van der Waals surface area contributed by atoms with Gasteiger partial charge in [-0.25, -0.2) is 0 Å². The lowest BCUT2D eigenvalue weighted by Crippen LogP contribution is -2.13. The third-order valence-corrected chi connectivity index (χ3v) is 3.16. The van der Waals surface area contributed by atoms with Gasteiger partial charge in [0.05, 0.1) is 6.10 Å². The molecule has 1 fully saturated rings. The maximum atomic E-state index is 12.3. The predicted octanol–water partition coefficient (Wildman–Crippen LogP) is 3.81. The second kappa shape index (κ2) is 5.99. The quantitative estimate of drug-likeness (QED) is 0.763. The van der Waals surface area contributed by atoms with Gasteiger partial charge in [0.15, 0.2) is 17.3 Å². The molecule has 1 aliphatic carbocycles. The van der Waals surface area contributed by atoms with Gasteiger partial charge in [0.1, 0.15) is 0 Å². The molecule has 0 atom stereocenters. The lowest BCUT2D eigenvalue weighted by Gasteiger charge is -2.17. The molecule has 2 rings (SSSR count). The third kappa shape index (κ3) is 3.66. The Labute approximate surface area is 110 Å². The molecule has 1 aliphatic rings. The van der Waals surface area contributed by atoms with Crippen molar-refractivity contribution >= 4 is 5.78 Å². The van der Waals surface area contributed by atoms with Gasteiger partial charge < -0.3 is 9.47 Å². The molecule has 104 valence electrons. The lowest BCUT2D eigenvalue weighted by molar-refractivity contribution is -0.0520. The zero-order chi connectivity index (χ0) is 13.8. The highest BCUT2D eigenvalue weighted by molar-refractivity contribution is 5.94. The van der Waals surface area contributed by atoms with Crippen LogP contribution >= 0.6 is 0 Å². The van der Waals surface area contributed by atoms with Crippen LogP contribution in [0.4, 0.5) is 8.78 Å². The number of rotatable bonds is 5. The fourth-order valence-corrected chi connectivity index (χ4v) is 2.20. The number of halogens is 2. The Hall–Kier alpha value is -1.65. The summed E-state index contributed by atoms with van der Waals surface area (Å²) in [7, 11) is 0. The summed E-state index contributed by atoms with van der Waals surface area (Å²) < 4.78 is 34.8. The molecular formula is C14H16F2O3. The number of hydrogen-bond acceptors (Lipinski definition) is 3. The minimum Gasteiger partial charge on any atom is -0.487 e. The first-order valence-electron chi connectivity index (χ1n) is 6.32. The van der Waals surface area contributed by atoms with Crippen LogP contribution in [0.15, 0.2) is 18.2 Å². The Kier molecular flexibility index (Phi) is 4.35. The van der Waals surface area contributed by atoms with Crippen molar-refractivity contribution in [3.63, 3.8) is 0 Å². The largest absolute Gasteiger partial charge is 0.487 e. The van der Waals surface area contributed by atoms with E-state index in [-0.39, 0.29) is 23.4 Å². The molecule has 0 aromatic heterocycles. The fraction of sp³-hybridized carbons (Fsp3) is 0.500. The predicted molar refractivity (Wildman–Crippen MR) is 66.0 cm³/mol. The number of carbonyl (C=O) groups is 1. The fourth-order valence-electron chi connectivity index (χ4n) is 2.20. The molecule has 1 aromatic carbocycles. The first-order chi connectivity index (χ1) is 9.06. The van der Waals surface area contributed by atoms with E-state index in [0.717, 1.165) is 25.7 Å². The summed E-state index contributed by atoms with van der Waals surface area (Å²) in [5.41, 5.74) is 0.426. The van der Waals surface area contributed by atoms with E-state index in [0.29, 0.717) is 5.56 Å². The van der Waals surface area contributed by atoms with Crippen LogP contribution in [0.2, 0.25) is 0 Å². The van der Waals surface area contributed by atoms with Crippen molar-refractivity contribution in [2.75, 3.05) is 0 Å². The number of hydrogen-bond donors (Lipinski definition) is 0. The summed E-state index contributed by atoms with van der Waals surface area (Å²) in [6.45, 7) is -1.49. The van der Waals surface area contributed by atoms with E-state index in [1.165, 1.54) is 25.1 Å². The van der Waals surface area contributed by atoms with Crippen LogP contribution in [0.5, 0.6) is 11.5 Å². The molecule has 0 saturated heterocycles. The number of carbonyl (C=O) groups excluding carboxylic acids is 1. The standard InChI is InChI=1S/C14H16F2O3/c1-9(17)10-6-7-12(19-14(15)16)13(8-10)18-11-4-2-3-5-11/h6-8,11,14H,2-5H2,1H3. The first kappa shape index (κ1) is 13.8. The van der Waals surface area contributed by atoms with E-state index in [9.17, 15) is 13.6 Å². The molecular weight excluding hydrogens is 254 g/mol. The van der Waals surface area contributed by atoms with Crippen molar-refractivity contribution in [1.82, 2.24) is 0 Å². The van der Waals surface area contributed by atoms with Crippen LogP contribution in [0.1, 0.15) is 43.0 Å². The average Bonchev–Trinajstić information content (AvgIpc) is 2.83. The van der Waals surface area contributed by atoms with Gasteiger partial charge in [0.2, 0.25) is 0 Å². The van der Waals surface area contributed by atoms with Crippen LogP contribution < -0.4 is 9.47 Å². The van der Waals surface area contributed by atoms with E-state index >= 15 is 0 Å². The molecule has 0 aliphatic heterocycles. The number of ketones is 1. The first-order valence-corrected chi connectivity index (χ1v) is 6.32.